The van der Waals surface area contributed by atoms with Gasteiger partial charge in [0.2, 0.25) is 0 Å². The van der Waals surface area contributed by atoms with Crippen molar-refractivity contribution in [3.63, 3.8) is 0 Å². The Kier molecular flexibility index (Phi) is 4.17. The van der Waals surface area contributed by atoms with Crippen LogP contribution in [0.1, 0.15) is 50.0 Å². The number of carbonyl (C=O) groups excluding carboxylic acids is 1. The van der Waals surface area contributed by atoms with Gasteiger partial charge in [0.1, 0.15) is 5.75 Å². The standard InChI is InChI=1S/C19H22O2/c1-5-17(20)16-12-14(8-11-18(16)21)13-6-9-15(10-7-13)19(2,3)4/h6-12,21H,5H2,1-4H3. The van der Waals surface area contributed by atoms with Gasteiger partial charge in [0, 0.05) is 6.42 Å². The first-order valence-electron chi connectivity index (χ1n) is 7.30. The molecule has 0 aromatic heterocycles. The molecule has 0 spiro atoms. The zero-order chi connectivity index (χ0) is 15.6. The Bertz CT molecular complexity index is 646. The van der Waals surface area contributed by atoms with Crippen molar-refractivity contribution < 1.29 is 9.90 Å². The van der Waals surface area contributed by atoms with Crippen LogP contribution in [0.25, 0.3) is 11.1 Å². The van der Waals surface area contributed by atoms with Gasteiger partial charge < -0.3 is 5.11 Å². The Labute approximate surface area is 126 Å². The number of carbonyl (C=O) groups is 1. The van der Waals surface area contributed by atoms with Crippen LogP contribution < -0.4 is 0 Å². The number of ketones is 1. The maximum atomic E-state index is 11.8. The fourth-order valence-corrected chi connectivity index (χ4v) is 2.29. The van der Waals surface area contributed by atoms with Crippen molar-refractivity contribution in [2.75, 3.05) is 0 Å². The molecular formula is C19H22O2. The topological polar surface area (TPSA) is 37.3 Å². The highest BCUT2D eigenvalue weighted by Gasteiger charge is 2.14. The monoisotopic (exact) mass is 282 g/mol. The van der Waals surface area contributed by atoms with Crippen LogP contribution in [0.3, 0.4) is 0 Å². The van der Waals surface area contributed by atoms with Crippen LogP contribution in [-0.2, 0) is 5.41 Å². The summed E-state index contributed by atoms with van der Waals surface area (Å²) in [5, 5.41) is 9.81. The smallest absolute Gasteiger partial charge is 0.166 e. The summed E-state index contributed by atoms with van der Waals surface area (Å²) < 4.78 is 0. The van der Waals surface area contributed by atoms with Gasteiger partial charge in [-0.25, -0.2) is 0 Å². The van der Waals surface area contributed by atoms with Gasteiger partial charge in [-0.05, 0) is 34.2 Å². The molecular weight excluding hydrogens is 260 g/mol. The summed E-state index contributed by atoms with van der Waals surface area (Å²) in [6, 6.07) is 13.6. The molecule has 2 rings (SSSR count). The van der Waals surface area contributed by atoms with Crippen molar-refractivity contribution in [1.29, 1.82) is 0 Å². The van der Waals surface area contributed by atoms with Crippen molar-refractivity contribution >= 4 is 5.78 Å². The molecule has 0 unspecified atom stereocenters. The summed E-state index contributed by atoms with van der Waals surface area (Å²) in [6.45, 7) is 8.34. The molecule has 0 aliphatic heterocycles. The minimum absolute atomic E-state index is 0.0411. The predicted octanol–water partition coefficient (Wildman–Crippen LogP) is 4.95. The molecule has 2 heteroatoms. The Morgan fingerprint density at radius 2 is 1.57 bits per heavy atom. The Hall–Kier alpha value is -2.09. The van der Waals surface area contributed by atoms with Crippen LogP contribution in [0.4, 0.5) is 0 Å². The maximum Gasteiger partial charge on any atom is 0.166 e. The van der Waals surface area contributed by atoms with Crippen molar-refractivity contribution in [2.45, 2.75) is 39.5 Å². The fourth-order valence-electron chi connectivity index (χ4n) is 2.29. The first-order chi connectivity index (χ1) is 9.82. The van der Waals surface area contributed by atoms with Crippen molar-refractivity contribution in [3.8, 4) is 16.9 Å². The van der Waals surface area contributed by atoms with Gasteiger partial charge in [-0.2, -0.15) is 0 Å². The molecule has 2 nitrogen and oxygen atoms in total. The average molecular weight is 282 g/mol. The van der Waals surface area contributed by atoms with E-state index in [2.05, 4.69) is 45.0 Å². The first-order valence-corrected chi connectivity index (χ1v) is 7.30. The summed E-state index contributed by atoms with van der Waals surface area (Å²) in [6.07, 6.45) is 0.389. The van der Waals surface area contributed by atoms with E-state index in [-0.39, 0.29) is 16.9 Å². The molecule has 0 bridgehead atoms. The van der Waals surface area contributed by atoms with E-state index in [0.29, 0.717) is 12.0 Å². The highest BCUT2D eigenvalue weighted by atomic mass is 16.3. The number of Topliss-reactive ketones (excluding diaryl/α,β-unsaturated/α-hetero) is 1. The third kappa shape index (κ3) is 3.33. The van der Waals surface area contributed by atoms with E-state index in [9.17, 15) is 9.90 Å². The molecule has 0 heterocycles. The average Bonchev–Trinajstić information content (AvgIpc) is 2.46. The summed E-state index contributed by atoms with van der Waals surface area (Å²) in [4.78, 5) is 11.8. The molecule has 1 N–H and O–H groups in total. The second-order valence-electron chi connectivity index (χ2n) is 6.34. The molecule has 0 aliphatic rings. The molecule has 0 aliphatic carbocycles. The number of phenolic OH excluding ortho intramolecular Hbond substituents is 1. The minimum atomic E-state index is -0.0411. The lowest BCUT2D eigenvalue weighted by atomic mass is 9.86. The summed E-state index contributed by atoms with van der Waals surface area (Å²) in [5.74, 6) is 0.0116. The SMILES string of the molecule is CCC(=O)c1cc(-c2ccc(C(C)(C)C)cc2)ccc1O. The van der Waals surface area contributed by atoms with E-state index in [0.717, 1.165) is 11.1 Å². The second-order valence-corrected chi connectivity index (χ2v) is 6.34. The van der Waals surface area contributed by atoms with Crippen LogP contribution in [0.15, 0.2) is 42.5 Å². The fraction of sp³-hybridized carbons (Fsp3) is 0.316. The summed E-state index contributed by atoms with van der Waals surface area (Å²) >= 11 is 0. The molecule has 2 aromatic rings. The number of aromatic hydroxyl groups is 1. The third-order valence-corrected chi connectivity index (χ3v) is 3.70. The lowest BCUT2D eigenvalue weighted by molar-refractivity contribution is 0.0985. The summed E-state index contributed by atoms with van der Waals surface area (Å²) in [5.41, 5.74) is 3.79. The van der Waals surface area contributed by atoms with Crippen LogP contribution in [-0.4, -0.2) is 10.9 Å². The van der Waals surface area contributed by atoms with Crippen LogP contribution in [0.5, 0.6) is 5.75 Å². The van der Waals surface area contributed by atoms with Gasteiger partial charge in [-0.15, -0.1) is 0 Å². The van der Waals surface area contributed by atoms with E-state index in [1.165, 1.54) is 5.56 Å². The Balaban J connectivity index is 2.41. The molecule has 110 valence electrons. The summed E-state index contributed by atoms with van der Waals surface area (Å²) in [7, 11) is 0. The molecule has 0 fully saturated rings. The van der Waals surface area contributed by atoms with Crippen molar-refractivity contribution in [2.24, 2.45) is 0 Å². The number of hydrogen-bond donors (Lipinski definition) is 1. The van der Waals surface area contributed by atoms with E-state index in [1.807, 2.05) is 6.07 Å². The number of benzene rings is 2. The van der Waals surface area contributed by atoms with Gasteiger partial charge in [0.15, 0.2) is 5.78 Å². The van der Waals surface area contributed by atoms with Crippen LogP contribution >= 0.6 is 0 Å². The Morgan fingerprint density at radius 3 is 2.10 bits per heavy atom. The lowest BCUT2D eigenvalue weighted by Gasteiger charge is -2.19. The van der Waals surface area contributed by atoms with E-state index in [1.54, 1.807) is 19.1 Å². The highest BCUT2D eigenvalue weighted by molar-refractivity contribution is 5.99. The predicted molar refractivity (Wildman–Crippen MR) is 86.9 cm³/mol. The molecule has 0 saturated heterocycles. The van der Waals surface area contributed by atoms with E-state index >= 15 is 0 Å². The van der Waals surface area contributed by atoms with Crippen molar-refractivity contribution in [1.82, 2.24) is 0 Å². The number of phenols is 1. The molecule has 0 saturated carbocycles. The van der Waals surface area contributed by atoms with Crippen LogP contribution in [0.2, 0.25) is 0 Å². The number of hydrogen-bond acceptors (Lipinski definition) is 2. The maximum absolute atomic E-state index is 11.8. The molecule has 2 aromatic carbocycles. The van der Waals surface area contributed by atoms with Crippen molar-refractivity contribution in [3.05, 3.63) is 53.6 Å². The quantitative estimate of drug-likeness (QED) is 0.809. The minimum Gasteiger partial charge on any atom is -0.507 e. The zero-order valence-corrected chi connectivity index (χ0v) is 13.1. The largest absolute Gasteiger partial charge is 0.507 e. The van der Waals surface area contributed by atoms with E-state index < -0.39 is 0 Å². The van der Waals surface area contributed by atoms with Gasteiger partial charge in [-0.3, -0.25) is 4.79 Å². The van der Waals surface area contributed by atoms with Gasteiger partial charge in [0.25, 0.3) is 0 Å². The second kappa shape index (κ2) is 5.72. The molecule has 0 radical (unpaired) electrons. The highest BCUT2D eigenvalue weighted by Crippen LogP contribution is 2.29. The molecule has 0 amide bonds. The third-order valence-electron chi connectivity index (χ3n) is 3.70. The lowest BCUT2D eigenvalue weighted by Crippen LogP contribution is -2.10. The zero-order valence-electron chi connectivity index (χ0n) is 13.1. The van der Waals surface area contributed by atoms with Gasteiger partial charge in [0.05, 0.1) is 5.56 Å². The van der Waals surface area contributed by atoms with Gasteiger partial charge in [-0.1, -0.05) is 58.0 Å². The normalized spacial score (nSPS) is 11.4. The molecule has 21 heavy (non-hydrogen) atoms. The first kappa shape index (κ1) is 15.3. The van der Waals surface area contributed by atoms with E-state index in [4.69, 9.17) is 0 Å². The Morgan fingerprint density at radius 1 is 1.00 bits per heavy atom. The van der Waals surface area contributed by atoms with Crippen LogP contribution in [0, 0.1) is 0 Å². The number of rotatable bonds is 3. The van der Waals surface area contributed by atoms with Gasteiger partial charge >= 0.3 is 0 Å². The molecule has 0 atom stereocenters.